The average Bonchev–Trinajstić information content (AvgIpc) is 2.72. The van der Waals surface area contributed by atoms with Gasteiger partial charge in [-0.3, -0.25) is 9.10 Å². The van der Waals surface area contributed by atoms with Crippen molar-refractivity contribution in [2.75, 3.05) is 22.5 Å². The largest absolute Gasteiger partial charge is 0.494 e. The molecule has 0 heterocycles. The van der Waals surface area contributed by atoms with Gasteiger partial charge in [-0.25, -0.2) is 8.42 Å². The van der Waals surface area contributed by atoms with E-state index in [0.29, 0.717) is 24.5 Å². The molecule has 2 aromatic rings. The second-order valence-electron chi connectivity index (χ2n) is 7.06. The molecule has 0 aromatic heterocycles. The van der Waals surface area contributed by atoms with Gasteiger partial charge in [-0.05, 0) is 61.6 Å². The van der Waals surface area contributed by atoms with Gasteiger partial charge in [0.15, 0.2) is 0 Å². The smallest absolute Gasteiger partial charge is 0.248 e. The summed E-state index contributed by atoms with van der Waals surface area (Å²) in [5.74, 6) is 0.309. The molecule has 2 rings (SSSR count). The molecular formula is C23H32N2O4S. The van der Waals surface area contributed by atoms with E-state index >= 15 is 0 Å². The number of carbonyl (C=O) groups excluding carboxylic acids is 1. The number of aryl methyl sites for hydroxylation is 2. The number of nitrogens with one attached hydrogen (secondary N) is 1. The number of carbonyl (C=O) groups is 1. The van der Waals surface area contributed by atoms with Gasteiger partial charge in [0.2, 0.25) is 15.9 Å². The molecule has 1 N–H and O–H groups in total. The van der Waals surface area contributed by atoms with Crippen molar-refractivity contribution < 1.29 is 17.9 Å². The Kier molecular flexibility index (Phi) is 8.29. The topological polar surface area (TPSA) is 75.7 Å². The van der Waals surface area contributed by atoms with Crippen LogP contribution in [0.15, 0.2) is 42.5 Å². The van der Waals surface area contributed by atoms with Crippen LogP contribution in [0.5, 0.6) is 5.75 Å². The second kappa shape index (κ2) is 10.5. The van der Waals surface area contributed by atoms with Crippen molar-refractivity contribution in [3.63, 3.8) is 0 Å². The van der Waals surface area contributed by atoms with Crippen LogP contribution in [-0.2, 0) is 27.7 Å². The summed E-state index contributed by atoms with van der Waals surface area (Å²) in [5, 5.41) is 3.02. The van der Waals surface area contributed by atoms with Crippen LogP contribution >= 0.6 is 0 Å². The van der Waals surface area contributed by atoms with Crippen LogP contribution in [0.2, 0.25) is 0 Å². The fraction of sp³-hybridized carbons (Fsp3) is 0.435. The third kappa shape index (κ3) is 5.53. The van der Waals surface area contributed by atoms with Crippen LogP contribution in [-0.4, -0.2) is 33.2 Å². The predicted molar refractivity (Wildman–Crippen MR) is 123 cm³/mol. The number of anilines is 2. The van der Waals surface area contributed by atoms with Crippen LogP contribution in [0.1, 0.15) is 45.2 Å². The first-order valence-corrected chi connectivity index (χ1v) is 12.2. The van der Waals surface area contributed by atoms with Gasteiger partial charge in [0.25, 0.3) is 0 Å². The number of nitrogens with zero attached hydrogens (tertiary/aromatic N) is 1. The summed E-state index contributed by atoms with van der Waals surface area (Å²) in [6.45, 7) is 8.27. The standard InChI is InChI=1S/C23H32N2O4S/c1-6-17-11-10-12-18(7-2)22(17)24-23(26)21(8-3)25(30(5,27)28)19-13-15-20(16-14-19)29-9-4/h10-16,21H,6-9H2,1-5H3,(H,24,26)/t21-/m1/s1. The van der Waals surface area contributed by atoms with E-state index < -0.39 is 16.1 Å². The Morgan fingerprint density at radius 2 is 1.57 bits per heavy atom. The number of amides is 1. The number of para-hydroxylation sites is 1. The van der Waals surface area contributed by atoms with Crippen molar-refractivity contribution in [1.82, 2.24) is 0 Å². The maximum atomic E-state index is 13.3. The predicted octanol–water partition coefficient (Wildman–Crippen LogP) is 4.39. The van der Waals surface area contributed by atoms with Gasteiger partial charge in [0, 0.05) is 5.69 Å². The maximum Gasteiger partial charge on any atom is 0.248 e. The molecule has 0 aliphatic heterocycles. The molecule has 2 aromatic carbocycles. The zero-order chi connectivity index (χ0) is 22.3. The average molecular weight is 433 g/mol. The Hall–Kier alpha value is -2.54. The Morgan fingerprint density at radius 1 is 1.00 bits per heavy atom. The van der Waals surface area contributed by atoms with Gasteiger partial charge in [-0.1, -0.05) is 39.0 Å². The summed E-state index contributed by atoms with van der Waals surface area (Å²) < 4.78 is 32.0. The maximum absolute atomic E-state index is 13.3. The number of ether oxygens (including phenoxy) is 1. The lowest BCUT2D eigenvalue weighted by atomic mass is 10.0. The van der Waals surface area contributed by atoms with Crippen molar-refractivity contribution in [2.24, 2.45) is 0 Å². The number of sulfonamides is 1. The van der Waals surface area contributed by atoms with Crippen molar-refractivity contribution >= 4 is 27.3 Å². The third-order valence-electron chi connectivity index (χ3n) is 4.98. The summed E-state index contributed by atoms with van der Waals surface area (Å²) in [4.78, 5) is 13.3. The molecule has 164 valence electrons. The van der Waals surface area contributed by atoms with E-state index in [1.54, 1.807) is 24.3 Å². The van der Waals surface area contributed by atoms with Crippen LogP contribution in [0.4, 0.5) is 11.4 Å². The first kappa shape index (κ1) is 23.7. The molecule has 0 aliphatic rings. The third-order valence-corrected chi connectivity index (χ3v) is 6.16. The van der Waals surface area contributed by atoms with Crippen LogP contribution in [0.25, 0.3) is 0 Å². The summed E-state index contributed by atoms with van der Waals surface area (Å²) in [6.07, 6.45) is 3.00. The Labute approximate surface area is 180 Å². The van der Waals surface area contributed by atoms with E-state index in [0.717, 1.165) is 35.9 Å². The van der Waals surface area contributed by atoms with Crippen LogP contribution < -0.4 is 14.4 Å². The molecule has 6 nitrogen and oxygen atoms in total. The van der Waals surface area contributed by atoms with Crippen LogP contribution in [0, 0.1) is 0 Å². The van der Waals surface area contributed by atoms with E-state index in [4.69, 9.17) is 4.74 Å². The van der Waals surface area contributed by atoms with E-state index in [1.165, 1.54) is 4.31 Å². The summed E-state index contributed by atoms with van der Waals surface area (Å²) >= 11 is 0. The highest BCUT2D eigenvalue weighted by Gasteiger charge is 2.32. The quantitative estimate of drug-likeness (QED) is 0.604. The number of rotatable bonds is 10. The molecule has 30 heavy (non-hydrogen) atoms. The molecule has 0 fully saturated rings. The molecule has 1 amide bonds. The normalized spacial score (nSPS) is 12.3. The zero-order valence-corrected chi connectivity index (χ0v) is 19.3. The number of hydrogen-bond acceptors (Lipinski definition) is 4. The van der Waals surface area contributed by atoms with E-state index in [1.807, 2.05) is 45.9 Å². The minimum absolute atomic E-state index is 0.335. The van der Waals surface area contributed by atoms with Crippen LogP contribution in [0.3, 0.4) is 0 Å². The van der Waals surface area contributed by atoms with Crippen molar-refractivity contribution in [1.29, 1.82) is 0 Å². The number of hydrogen-bond donors (Lipinski definition) is 1. The molecule has 0 unspecified atom stereocenters. The molecule has 0 radical (unpaired) electrons. The highest BCUT2D eigenvalue weighted by atomic mass is 32.2. The fourth-order valence-corrected chi connectivity index (χ4v) is 4.74. The highest BCUT2D eigenvalue weighted by Crippen LogP contribution is 2.27. The Morgan fingerprint density at radius 3 is 2.00 bits per heavy atom. The summed E-state index contributed by atoms with van der Waals surface area (Å²) in [5.41, 5.74) is 3.28. The minimum atomic E-state index is -3.69. The summed E-state index contributed by atoms with van der Waals surface area (Å²) in [7, 11) is -3.69. The minimum Gasteiger partial charge on any atom is -0.494 e. The molecule has 0 aliphatic carbocycles. The molecule has 0 saturated carbocycles. The molecule has 7 heteroatoms. The molecule has 0 saturated heterocycles. The highest BCUT2D eigenvalue weighted by molar-refractivity contribution is 7.92. The van der Waals surface area contributed by atoms with Gasteiger partial charge < -0.3 is 10.1 Å². The van der Waals surface area contributed by atoms with Gasteiger partial charge >= 0.3 is 0 Å². The lowest BCUT2D eigenvalue weighted by Gasteiger charge is -2.30. The molecule has 0 bridgehead atoms. The van der Waals surface area contributed by atoms with Gasteiger partial charge in [0.1, 0.15) is 11.8 Å². The van der Waals surface area contributed by atoms with E-state index in [-0.39, 0.29) is 5.91 Å². The lowest BCUT2D eigenvalue weighted by molar-refractivity contribution is -0.117. The van der Waals surface area contributed by atoms with Crippen molar-refractivity contribution in [2.45, 2.75) is 53.0 Å². The zero-order valence-electron chi connectivity index (χ0n) is 18.4. The van der Waals surface area contributed by atoms with Gasteiger partial charge in [-0.2, -0.15) is 0 Å². The molecule has 0 spiro atoms. The van der Waals surface area contributed by atoms with Crippen molar-refractivity contribution in [3.8, 4) is 5.75 Å². The van der Waals surface area contributed by atoms with E-state index in [2.05, 4.69) is 5.32 Å². The second-order valence-corrected chi connectivity index (χ2v) is 8.92. The fourth-order valence-electron chi connectivity index (χ4n) is 3.53. The summed E-state index contributed by atoms with van der Waals surface area (Å²) in [6, 6.07) is 11.8. The van der Waals surface area contributed by atoms with Gasteiger partial charge in [-0.15, -0.1) is 0 Å². The molecular weight excluding hydrogens is 400 g/mol. The number of benzene rings is 2. The van der Waals surface area contributed by atoms with Gasteiger partial charge in [0.05, 0.1) is 18.6 Å². The lowest BCUT2D eigenvalue weighted by Crippen LogP contribution is -2.47. The van der Waals surface area contributed by atoms with Crippen molar-refractivity contribution in [3.05, 3.63) is 53.6 Å². The monoisotopic (exact) mass is 432 g/mol. The first-order chi connectivity index (χ1) is 14.3. The Bertz CT molecular complexity index is 933. The first-order valence-electron chi connectivity index (χ1n) is 10.4. The Balaban J connectivity index is 2.42. The van der Waals surface area contributed by atoms with E-state index in [9.17, 15) is 13.2 Å². The molecule has 1 atom stereocenters. The SMILES string of the molecule is CCOc1ccc(N([C@H](CC)C(=O)Nc2c(CC)cccc2CC)S(C)(=O)=O)cc1.